The lowest BCUT2D eigenvalue weighted by Crippen LogP contribution is -2.44. The van der Waals surface area contributed by atoms with Crippen molar-refractivity contribution in [2.24, 2.45) is 0 Å². The number of nitrogens with one attached hydrogen (secondary N) is 3. The normalized spacial score (nSPS) is 18.5. The molecule has 3 amide bonds. The molecule has 0 saturated carbocycles. The molecule has 0 aliphatic carbocycles. The lowest BCUT2D eigenvalue weighted by Gasteiger charge is -2.13. The predicted octanol–water partition coefficient (Wildman–Crippen LogP) is -0.00820. The van der Waals surface area contributed by atoms with Crippen molar-refractivity contribution in [2.75, 3.05) is 23.9 Å². The summed E-state index contributed by atoms with van der Waals surface area (Å²) in [6.45, 7) is 0. The topological polar surface area (TPSA) is 100 Å². The fourth-order valence-electron chi connectivity index (χ4n) is 1.71. The first-order chi connectivity index (χ1) is 10.1. The number of hydrogen-bond donors (Lipinski definition) is 3. The van der Waals surface area contributed by atoms with Gasteiger partial charge in [0.25, 0.3) is 0 Å². The van der Waals surface area contributed by atoms with Crippen molar-refractivity contribution in [1.82, 2.24) is 15.6 Å². The van der Waals surface area contributed by atoms with Crippen LogP contribution in [0, 0.1) is 0 Å². The van der Waals surface area contributed by atoms with E-state index in [2.05, 4.69) is 20.9 Å². The lowest BCUT2D eigenvalue weighted by molar-refractivity contribution is -0.125. The van der Waals surface area contributed by atoms with Gasteiger partial charge in [0.15, 0.2) is 5.13 Å². The highest BCUT2D eigenvalue weighted by Gasteiger charge is 2.24. The van der Waals surface area contributed by atoms with Crippen molar-refractivity contribution in [1.29, 1.82) is 0 Å². The third kappa shape index (κ3) is 4.71. The van der Waals surface area contributed by atoms with E-state index >= 15 is 0 Å². The van der Waals surface area contributed by atoms with Crippen molar-refractivity contribution >= 4 is 46.0 Å². The Morgan fingerprint density at radius 3 is 3.10 bits per heavy atom. The zero-order valence-corrected chi connectivity index (χ0v) is 13.1. The molecule has 0 unspecified atom stereocenters. The number of anilines is 1. The number of carbonyl (C=O) groups is 3. The second kappa shape index (κ2) is 7.41. The number of likely N-dealkylation sites (N-methyl/N-ethyl adjacent to an activating group) is 1. The molecule has 1 aliphatic heterocycles. The molecule has 7 nitrogen and oxygen atoms in total. The number of carbonyl (C=O) groups excluding carboxylic acids is 3. The number of thioether (sulfide) groups is 1. The van der Waals surface area contributed by atoms with Gasteiger partial charge in [-0.15, -0.1) is 11.3 Å². The van der Waals surface area contributed by atoms with Gasteiger partial charge in [0.2, 0.25) is 17.7 Å². The summed E-state index contributed by atoms with van der Waals surface area (Å²) >= 11 is 2.83. The third-order valence-corrected chi connectivity index (χ3v) is 4.68. The molecule has 1 aliphatic rings. The number of amides is 3. The Labute approximate surface area is 130 Å². The second-order valence-electron chi connectivity index (χ2n) is 4.43. The smallest absolute Gasteiger partial charge is 0.249 e. The Kier molecular flexibility index (Phi) is 5.57. The van der Waals surface area contributed by atoms with Crippen LogP contribution in [0.3, 0.4) is 0 Å². The van der Waals surface area contributed by atoms with Crippen LogP contribution < -0.4 is 16.0 Å². The lowest BCUT2D eigenvalue weighted by atomic mass is 10.3. The molecule has 0 aromatic carbocycles. The van der Waals surface area contributed by atoms with Gasteiger partial charge >= 0.3 is 0 Å². The molecule has 0 radical (unpaired) electrons. The Hall–Kier alpha value is -1.61. The van der Waals surface area contributed by atoms with E-state index in [0.717, 1.165) is 5.75 Å². The number of aromatic nitrogens is 1. The highest BCUT2D eigenvalue weighted by molar-refractivity contribution is 7.99. The van der Waals surface area contributed by atoms with Crippen LogP contribution in [0.2, 0.25) is 0 Å². The first-order valence-electron chi connectivity index (χ1n) is 6.41. The number of hydrogen-bond acceptors (Lipinski definition) is 6. The first-order valence-corrected chi connectivity index (χ1v) is 8.45. The van der Waals surface area contributed by atoms with Crippen LogP contribution in [0.1, 0.15) is 12.1 Å². The molecule has 2 heterocycles. The molecular formula is C12H16N4O3S2. The minimum Gasteiger partial charge on any atom is -0.359 e. The molecular weight excluding hydrogens is 312 g/mol. The van der Waals surface area contributed by atoms with Crippen molar-refractivity contribution in [3.05, 3.63) is 11.1 Å². The van der Waals surface area contributed by atoms with E-state index < -0.39 is 6.04 Å². The number of thiazole rings is 1. The zero-order chi connectivity index (χ0) is 15.2. The summed E-state index contributed by atoms with van der Waals surface area (Å²) < 4.78 is 0. The van der Waals surface area contributed by atoms with Crippen molar-refractivity contribution in [3.63, 3.8) is 0 Å². The van der Waals surface area contributed by atoms with Crippen LogP contribution in [0.25, 0.3) is 0 Å². The number of rotatable bonds is 4. The van der Waals surface area contributed by atoms with E-state index in [1.54, 1.807) is 24.2 Å². The van der Waals surface area contributed by atoms with Gasteiger partial charge in [0.1, 0.15) is 6.04 Å². The van der Waals surface area contributed by atoms with Gasteiger partial charge in [-0.1, -0.05) is 0 Å². The van der Waals surface area contributed by atoms with E-state index in [4.69, 9.17) is 0 Å². The molecule has 21 heavy (non-hydrogen) atoms. The van der Waals surface area contributed by atoms with Crippen LogP contribution >= 0.6 is 23.1 Å². The average molecular weight is 328 g/mol. The fraction of sp³-hybridized carbons (Fsp3) is 0.500. The van der Waals surface area contributed by atoms with E-state index in [0.29, 0.717) is 23.0 Å². The molecule has 3 N–H and O–H groups in total. The maximum atomic E-state index is 12.1. The first kappa shape index (κ1) is 15.8. The van der Waals surface area contributed by atoms with Gasteiger partial charge in [-0.3, -0.25) is 14.4 Å². The molecule has 1 aromatic heterocycles. The van der Waals surface area contributed by atoms with Crippen molar-refractivity contribution in [2.45, 2.75) is 18.9 Å². The SMILES string of the molecule is CNC(=O)Cc1csc(NC(=O)[C@@H]2CSCCC(=O)N2)n1. The third-order valence-electron chi connectivity index (χ3n) is 2.81. The standard InChI is InChI=1S/C12H16N4O3S2/c1-13-10(18)4-7-5-21-12(14-7)16-11(19)8-6-20-3-2-9(17)15-8/h5,8H,2-4,6H2,1H3,(H,13,18)(H,15,17)(H,14,16,19)/t8-/m0/s1. The van der Waals surface area contributed by atoms with Crippen LogP contribution in [-0.4, -0.2) is 47.3 Å². The van der Waals surface area contributed by atoms with Gasteiger partial charge in [-0.2, -0.15) is 11.8 Å². The van der Waals surface area contributed by atoms with Crippen LogP contribution in [0.5, 0.6) is 0 Å². The summed E-state index contributed by atoms with van der Waals surface area (Å²) in [5, 5.41) is 10.0. The summed E-state index contributed by atoms with van der Waals surface area (Å²) in [5.41, 5.74) is 0.605. The zero-order valence-electron chi connectivity index (χ0n) is 11.5. The average Bonchev–Trinajstić information content (AvgIpc) is 2.76. The summed E-state index contributed by atoms with van der Waals surface area (Å²) in [6, 6.07) is -0.545. The Bertz CT molecular complexity index is 546. The highest BCUT2D eigenvalue weighted by atomic mass is 32.2. The van der Waals surface area contributed by atoms with Gasteiger partial charge in [0.05, 0.1) is 12.1 Å². The molecule has 9 heteroatoms. The van der Waals surface area contributed by atoms with Crippen LogP contribution in [0.15, 0.2) is 5.38 Å². The Morgan fingerprint density at radius 1 is 1.52 bits per heavy atom. The Balaban J connectivity index is 1.92. The van der Waals surface area contributed by atoms with E-state index in [1.165, 1.54) is 11.3 Å². The molecule has 1 aromatic rings. The van der Waals surface area contributed by atoms with Gasteiger partial charge in [0, 0.05) is 30.4 Å². The summed E-state index contributed by atoms with van der Waals surface area (Å²) in [6.07, 6.45) is 0.612. The molecule has 2 rings (SSSR count). The molecule has 1 atom stereocenters. The van der Waals surface area contributed by atoms with Gasteiger partial charge in [-0.25, -0.2) is 4.98 Å². The molecule has 1 fully saturated rings. The molecule has 1 saturated heterocycles. The summed E-state index contributed by atoms with van der Waals surface area (Å²) in [5.74, 6) is 0.751. The monoisotopic (exact) mass is 328 g/mol. The van der Waals surface area contributed by atoms with Crippen LogP contribution in [0.4, 0.5) is 5.13 Å². The minimum absolute atomic E-state index is 0.111. The summed E-state index contributed by atoms with van der Waals surface area (Å²) in [7, 11) is 1.56. The predicted molar refractivity (Wildman–Crippen MR) is 82.4 cm³/mol. The molecule has 0 bridgehead atoms. The van der Waals surface area contributed by atoms with Crippen molar-refractivity contribution in [3.8, 4) is 0 Å². The number of nitrogens with zero attached hydrogens (tertiary/aromatic N) is 1. The van der Waals surface area contributed by atoms with E-state index in [9.17, 15) is 14.4 Å². The largest absolute Gasteiger partial charge is 0.359 e. The molecule has 114 valence electrons. The van der Waals surface area contributed by atoms with E-state index in [1.807, 2.05) is 0 Å². The maximum Gasteiger partial charge on any atom is 0.249 e. The van der Waals surface area contributed by atoms with Crippen LogP contribution in [-0.2, 0) is 20.8 Å². The van der Waals surface area contributed by atoms with Crippen molar-refractivity contribution < 1.29 is 14.4 Å². The molecule has 0 spiro atoms. The fourth-order valence-corrected chi connectivity index (χ4v) is 3.39. The maximum absolute atomic E-state index is 12.1. The van der Waals surface area contributed by atoms with Gasteiger partial charge in [-0.05, 0) is 0 Å². The Morgan fingerprint density at radius 2 is 2.33 bits per heavy atom. The summed E-state index contributed by atoms with van der Waals surface area (Å²) in [4.78, 5) is 39.0. The van der Waals surface area contributed by atoms with Gasteiger partial charge < -0.3 is 16.0 Å². The quantitative estimate of drug-likeness (QED) is 0.722. The second-order valence-corrected chi connectivity index (χ2v) is 6.44. The highest BCUT2D eigenvalue weighted by Crippen LogP contribution is 2.17. The van der Waals surface area contributed by atoms with E-state index in [-0.39, 0.29) is 24.1 Å². The minimum atomic E-state index is -0.545.